The molecule has 2 aliphatic rings. The van der Waals surface area contributed by atoms with E-state index >= 15 is 0 Å². The Balaban J connectivity index is 2.45. The van der Waals surface area contributed by atoms with Gasteiger partial charge in [0.25, 0.3) is 5.56 Å². The SMILES string of the molecule is CC(C)C(=O)Nc1c2sscc-2n(C)c1=O. The molecule has 6 heteroatoms. The van der Waals surface area contributed by atoms with Crippen LogP contribution in [-0.4, -0.2) is 10.5 Å². The van der Waals surface area contributed by atoms with Crippen molar-refractivity contribution in [2.45, 2.75) is 13.8 Å². The average Bonchev–Trinajstić information content (AvgIpc) is 2.78. The molecule has 0 aliphatic carbocycles. The summed E-state index contributed by atoms with van der Waals surface area (Å²) in [5, 5.41) is 4.63. The summed E-state index contributed by atoms with van der Waals surface area (Å²) in [5.74, 6) is -0.249. The summed E-state index contributed by atoms with van der Waals surface area (Å²) in [5.41, 5.74) is 1.17. The lowest BCUT2D eigenvalue weighted by molar-refractivity contribution is -0.118. The topological polar surface area (TPSA) is 51.1 Å². The standard InChI is InChI=1S/C10H12N2O2S2/c1-5(2)9(13)11-7-8-6(4-15-16-8)12(3)10(7)14/h4-5H,1-3H3,(H,11,13). The Bertz CT molecular complexity index is 550. The normalized spacial score (nSPS) is 11.2. The van der Waals surface area contributed by atoms with Gasteiger partial charge in [0.05, 0.1) is 10.6 Å². The molecule has 4 nitrogen and oxygen atoms in total. The van der Waals surface area contributed by atoms with Crippen molar-refractivity contribution < 1.29 is 4.79 Å². The zero-order valence-corrected chi connectivity index (χ0v) is 10.9. The van der Waals surface area contributed by atoms with E-state index in [9.17, 15) is 9.59 Å². The van der Waals surface area contributed by atoms with E-state index in [4.69, 9.17) is 0 Å². The van der Waals surface area contributed by atoms with Gasteiger partial charge in [0.15, 0.2) is 0 Å². The van der Waals surface area contributed by atoms with E-state index in [1.54, 1.807) is 35.8 Å². The van der Waals surface area contributed by atoms with Gasteiger partial charge in [0, 0.05) is 18.3 Å². The zero-order chi connectivity index (χ0) is 11.9. The Hall–Kier alpha value is -1.14. The van der Waals surface area contributed by atoms with E-state index in [0.29, 0.717) is 5.69 Å². The molecular weight excluding hydrogens is 244 g/mol. The molecule has 2 aliphatic heterocycles. The van der Waals surface area contributed by atoms with Crippen LogP contribution in [0.2, 0.25) is 0 Å². The minimum absolute atomic E-state index is 0.122. The highest BCUT2D eigenvalue weighted by Crippen LogP contribution is 2.36. The van der Waals surface area contributed by atoms with Crippen molar-refractivity contribution >= 4 is 32.3 Å². The molecule has 0 aromatic carbocycles. The number of carbonyl (C=O) groups excluding carboxylic acids is 1. The molecule has 0 fully saturated rings. The quantitative estimate of drug-likeness (QED) is 0.837. The van der Waals surface area contributed by atoms with E-state index in [0.717, 1.165) is 10.6 Å². The lowest BCUT2D eigenvalue weighted by atomic mass is 10.2. The lowest BCUT2D eigenvalue weighted by Gasteiger charge is -2.04. The van der Waals surface area contributed by atoms with Gasteiger partial charge in [-0.2, -0.15) is 0 Å². The van der Waals surface area contributed by atoms with Crippen LogP contribution in [0.1, 0.15) is 13.8 Å². The van der Waals surface area contributed by atoms with Crippen LogP contribution >= 0.6 is 20.7 Å². The Morgan fingerprint density at radius 1 is 1.50 bits per heavy atom. The number of rotatable bonds is 2. The highest BCUT2D eigenvalue weighted by molar-refractivity contribution is 7.70. The Labute approximate surface area is 100 Å². The van der Waals surface area contributed by atoms with Gasteiger partial charge >= 0.3 is 0 Å². The number of hydrogen-bond donors (Lipinski definition) is 1. The third-order valence-corrected chi connectivity index (χ3v) is 4.48. The molecule has 0 radical (unpaired) electrons. The van der Waals surface area contributed by atoms with E-state index in [1.165, 1.54) is 10.3 Å². The number of anilines is 1. The molecule has 0 saturated heterocycles. The molecule has 1 amide bonds. The van der Waals surface area contributed by atoms with Crippen molar-refractivity contribution in [3.63, 3.8) is 0 Å². The molecule has 0 aromatic heterocycles. The first-order valence-electron chi connectivity index (χ1n) is 4.89. The fraction of sp³-hybridized carbons (Fsp3) is 0.400. The van der Waals surface area contributed by atoms with Crippen molar-refractivity contribution in [3.05, 3.63) is 15.7 Å². The van der Waals surface area contributed by atoms with Gasteiger partial charge in [-0.25, -0.2) is 0 Å². The molecule has 0 bridgehead atoms. The summed E-state index contributed by atoms with van der Waals surface area (Å²) in [6.45, 7) is 3.61. The van der Waals surface area contributed by atoms with Gasteiger partial charge in [-0.3, -0.25) is 9.59 Å². The number of hydrogen-bond acceptors (Lipinski definition) is 4. The summed E-state index contributed by atoms with van der Waals surface area (Å²) in [6, 6.07) is 0. The van der Waals surface area contributed by atoms with Crippen molar-refractivity contribution in [1.82, 2.24) is 4.57 Å². The Kier molecular flexibility index (Phi) is 2.86. The van der Waals surface area contributed by atoms with Crippen LogP contribution in [0, 0.1) is 5.92 Å². The van der Waals surface area contributed by atoms with Gasteiger partial charge in [-0.15, -0.1) is 0 Å². The van der Waals surface area contributed by atoms with Gasteiger partial charge in [0.1, 0.15) is 5.69 Å². The first-order chi connectivity index (χ1) is 7.52. The summed E-state index contributed by atoms with van der Waals surface area (Å²) in [4.78, 5) is 24.3. The highest BCUT2D eigenvalue weighted by Gasteiger charge is 2.22. The number of aromatic nitrogens is 1. The molecule has 2 rings (SSSR count). The summed E-state index contributed by atoms with van der Waals surface area (Å²) < 4.78 is 1.57. The largest absolute Gasteiger partial charge is 0.320 e. The number of amides is 1. The molecule has 0 unspecified atom stereocenters. The molecule has 0 saturated carbocycles. The second-order valence-electron chi connectivity index (χ2n) is 3.89. The summed E-state index contributed by atoms with van der Waals surface area (Å²) >= 11 is 0. The predicted molar refractivity (Wildman–Crippen MR) is 67.5 cm³/mol. The summed E-state index contributed by atoms with van der Waals surface area (Å²) in [7, 11) is 4.79. The lowest BCUT2D eigenvalue weighted by Crippen LogP contribution is -2.22. The first kappa shape index (κ1) is 11.3. The number of nitrogens with zero attached hydrogens (tertiary/aromatic N) is 1. The van der Waals surface area contributed by atoms with Crippen molar-refractivity contribution in [2.24, 2.45) is 13.0 Å². The van der Waals surface area contributed by atoms with Gasteiger partial charge in [-0.05, 0) is 0 Å². The van der Waals surface area contributed by atoms with Crippen LogP contribution in [-0.2, 0) is 11.8 Å². The van der Waals surface area contributed by atoms with E-state index in [1.807, 2.05) is 5.38 Å². The zero-order valence-electron chi connectivity index (χ0n) is 9.23. The molecule has 0 spiro atoms. The predicted octanol–water partition coefficient (Wildman–Crippen LogP) is 2.21. The second-order valence-corrected chi connectivity index (χ2v) is 5.98. The van der Waals surface area contributed by atoms with E-state index in [-0.39, 0.29) is 17.4 Å². The number of carbonyl (C=O) groups is 1. The van der Waals surface area contributed by atoms with Crippen molar-refractivity contribution in [1.29, 1.82) is 0 Å². The van der Waals surface area contributed by atoms with E-state index < -0.39 is 0 Å². The van der Waals surface area contributed by atoms with E-state index in [2.05, 4.69) is 5.32 Å². The first-order valence-corrected chi connectivity index (χ1v) is 7.10. The minimum atomic E-state index is -0.136. The Morgan fingerprint density at radius 2 is 2.19 bits per heavy atom. The van der Waals surface area contributed by atoms with Gasteiger partial charge in [0.2, 0.25) is 5.91 Å². The number of fused-ring (bicyclic) bond motifs is 1. The third-order valence-electron chi connectivity index (χ3n) is 2.40. The van der Waals surface area contributed by atoms with Gasteiger partial charge in [-0.1, -0.05) is 34.5 Å². The molecule has 2 heterocycles. The van der Waals surface area contributed by atoms with Crippen LogP contribution in [0.15, 0.2) is 10.2 Å². The summed E-state index contributed by atoms with van der Waals surface area (Å²) in [6.07, 6.45) is 0. The highest BCUT2D eigenvalue weighted by atomic mass is 32.9. The van der Waals surface area contributed by atoms with Crippen LogP contribution in [0.25, 0.3) is 10.6 Å². The monoisotopic (exact) mass is 256 g/mol. The third kappa shape index (κ3) is 1.68. The van der Waals surface area contributed by atoms with Crippen LogP contribution in [0.4, 0.5) is 5.69 Å². The smallest absolute Gasteiger partial charge is 0.276 e. The molecule has 86 valence electrons. The van der Waals surface area contributed by atoms with Gasteiger partial charge < -0.3 is 9.88 Å². The van der Waals surface area contributed by atoms with Crippen LogP contribution in [0.3, 0.4) is 0 Å². The molecule has 1 N–H and O–H groups in total. The molecule has 0 aromatic rings. The fourth-order valence-electron chi connectivity index (χ4n) is 1.37. The molecule has 16 heavy (non-hydrogen) atoms. The maximum Gasteiger partial charge on any atom is 0.276 e. The minimum Gasteiger partial charge on any atom is -0.320 e. The number of nitrogens with one attached hydrogen (secondary N) is 1. The van der Waals surface area contributed by atoms with Crippen LogP contribution in [0.5, 0.6) is 0 Å². The molecule has 0 atom stereocenters. The Morgan fingerprint density at radius 3 is 2.81 bits per heavy atom. The van der Waals surface area contributed by atoms with Crippen molar-refractivity contribution in [3.8, 4) is 10.6 Å². The average molecular weight is 256 g/mol. The van der Waals surface area contributed by atoms with Crippen LogP contribution < -0.4 is 10.9 Å². The maximum absolute atomic E-state index is 11.9. The second kappa shape index (κ2) is 4.03. The van der Waals surface area contributed by atoms with Crippen molar-refractivity contribution in [2.75, 3.05) is 5.32 Å². The molecular formula is C10H12N2O2S2. The maximum atomic E-state index is 11.9. The fourth-order valence-corrected chi connectivity index (χ4v) is 3.67.